The summed E-state index contributed by atoms with van der Waals surface area (Å²) in [7, 11) is 0. The van der Waals surface area contributed by atoms with Crippen LogP contribution in [0.25, 0.3) is 0 Å². The van der Waals surface area contributed by atoms with E-state index in [0.29, 0.717) is 17.8 Å². The van der Waals surface area contributed by atoms with Gasteiger partial charge in [-0.15, -0.1) is 0 Å². The molecule has 0 amide bonds. The van der Waals surface area contributed by atoms with Gasteiger partial charge in [0.15, 0.2) is 5.82 Å². The Labute approximate surface area is 115 Å². The highest BCUT2D eigenvalue weighted by Crippen LogP contribution is 2.30. The molecule has 5 nitrogen and oxygen atoms in total. The molecule has 1 aliphatic heterocycles. The van der Waals surface area contributed by atoms with E-state index >= 15 is 0 Å². The van der Waals surface area contributed by atoms with Gasteiger partial charge in [-0.3, -0.25) is 0 Å². The van der Waals surface area contributed by atoms with E-state index in [1.165, 1.54) is 0 Å². The lowest BCUT2D eigenvalue weighted by molar-refractivity contribution is 0.125. The maximum atomic E-state index is 6.49. The third kappa shape index (κ3) is 2.98. The molecule has 5 heteroatoms. The summed E-state index contributed by atoms with van der Waals surface area (Å²) in [5.74, 6) is 1.33. The Hall–Kier alpha value is -0.940. The van der Waals surface area contributed by atoms with Crippen LogP contribution in [-0.4, -0.2) is 34.2 Å². The van der Waals surface area contributed by atoms with Crippen molar-refractivity contribution in [1.82, 2.24) is 15.0 Å². The molecule has 2 N–H and O–H groups in total. The molecular weight excluding hydrogens is 240 g/mol. The third-order valence-corrected chi connectivity index (χ3v) is 3.93. The van der Waals surface area contributed by atoms with Crippen molar-refractivity contribution in [3.8, 4) is 0 Å². The molecule has 0 atom stereocenters. The average molecular weight is 266 g/mol. The molecule has 1 aromatic heterocycles. The van der Waals surface area contributed by atoms with E-state index < -0.39 is 5.54 Å². The predicted molar refractivity (Wildman–Crippen MR) is 74.8 cm³/mol. The molecule has 0 bridgehead atoms. The standard InChI is InChI=1S/C14H26N4O/c1-10(2)18-8-6-14(15,7-9-18)11-16-12(19-17-11)13(3,4)5/h10H,6-9,15H2,1-5H3. The lowest BCUT2D eigenvalue weighted by atomic mass is 9.87. The summed E-state index contributed by atoms with van der Waals surface area (Å²) in [5, 5.41) is 4.12. The van der Waals surface area contributed by atoms with Gasteiger partial charge in [-0.05, 0) is 26.7 Å². The molecule has 0 radical (unpaired) electrons. The second kappa shape index (κ2) is 4.87. The largest absolute Gasteiger partial charge is 0.339 e. The number of hydrogen-bond acceptors (Lipinski definition) is 5. The highest BCUT2D eigenvalue weighted by Gasteiger charge is 2.38. The smallest absolute Gasteiger partial charge is 0.232 e. The van der Waals surface area contributed by atoms with Crippen molar-refractivity contribution in [2.75, 3.05) is 13.1 Å². The van der Waals surface area contributed by atoms with Gasteiger partial charge in [-0.1, -0.05) is 25.9 Å². The molecule has 0 unspecified atom stereocenters. The molecule has 0 saturated carbocycles. The van der Waals surface area contributed by atoms with E-state index in [1.807, 2.05) is 0 Å². The van der Waals surface area contributed by atoms with Gasteiger partial charge in [-0.2, -0.15) is 4.98 Å². The SMILES string of the molecule is CC(C)N1CCC(N)(c2noc(C(C)(C)C)n2)CC1. The van der Waals surface area contributed by atoms with Crippen LogP contribution in [-0.2, 0) is 11.0 Å². The molecule has 108 valence electrons. The average Bonchev–Trinajstić information content (AvgIpc) is 2.79. The minimum absolute atomic E-state index is 0.125. The van der Waals surface area contributed by atoms with Crippen molar-refractivity contribution in [3.63, 3.8) is 0 Å². The maximum Gasteiger partial charge on any atom is 0.232 e. The second-order valence-corrected chi connectivity index (χ2v) is 6.96. The Balaban J connectivity index is 2.12. The van der Waals surface area contributed by atoms with Gasteiger partial charge in [0.1, 0.15) is 0 Å². The molecule has 0 aromatic carbocycles. The zero-order chi connectivity index (χ0) is 14.3. The van der Waals surface area contributed by atoms with Crippen LogP contribution in [0.15, 0.2) is 4.52 Å². The summed E-state index contributed by atoms with van der Waals surface area (Å²) in [6.45, 7) is 12.6. The summed E-state index contributed by atoms with van der Waals surface area (Å²) in [6.07, 6.45) is 1.77. The van der Waals surface area contributed by atoms with Gasteiger partial charge in [0.25, 0.3) is 0 Å². The van der Waals surface area contributed by atoms with Gasteiger partial charge in [0, 0.05) is 24.5 Å². The van der Waals surface area contributed by atoms with Crippen molar-refractivity contribution < 1.29 is 4.52 Å². The minimum Gasteiger partial charge on any atom is -0.339 e. The fourth-order valence-corrected chi connectivity index (χ4v) is 2.39. The van der Waals surface area contributed by atoms with Crippen LogP contribution in [0, 0.1) is 0 Å². The molecule has 0 aliphatic carbocycles. The first-order valence-electron chi connectivity index (χ1n) is 7.10. The molecular formula is C14H26N4O. The van der Waals surface area contributed by atoms with Crippen LogP contribution in [0.2, 0.25) is 0 Å². The minimum atomic E-state index is -0.432. The number of nitrogens with zero attached hydrogens (tertiary/aromatic N) is 3. The third-order valence-electron chi connectivity index (χ3n) is 3.93. The molecule has 1 saturated heterocycles. The first-order valence-corrected chi connectivity index (χ1v) is 7.10. The Morgan fingerprint density at radius 2 is 1.84 bits per heavy atom. The van der Waals surface area contributed by atoms with Crippen LogP contribution in [0.5, 0.6) is 0 Å². The Morgan fingerprint density at radius 3 is 2.26 bits per heavy atom. The van der Waals surface area contributed by atoms with Crippen LogP contribution in [0.4, 0.5) is 0 Å². The van der Waals surface area contributed by atoms with E-state index in [-0.39, 0.29) is 5.41 Å². The summed E-state index contributed by atoms with van der Waals surface area (Å²) in [4.78, 5) is 6.97. The van der Waals surface area contributed by atoms with Crippen molar-refractivity contribution in [2.45, 2.75) is 64.5 Å². The molecule has 19 heavy (non-hydrogen) atoms. The van der Waals surface area contributed by atoms with E-state index in [1.54, 1.807) is 0 Å². The van der Waals surface area contributed by atoms with Gasteiger partial charge in [0.05, 0.1) is 5.54 Å². The zero-order valence-electron chi connectivity index (χ0n) is 12.7. The van der Waals surface area contributed by atoms with Crippen LogP contribution < -0.4 is 5.73 Å². The zero-order valence-corrected chi connectivity index (χ0v) is 12.7. The van der Waals surface area contributed by atoms with Gasteiger partial charge >= 0.3 is 0 Å². The highest BCUT2D eigenvalue weighted by molar-refractivity contribution is 5.09. The predicted octanol–water partition coefficient (Wildman–Crippen LogP) is 2.03. The molecule has 0 spiro atoms. The molecule has 1 fully saturated rings. The molecule has 1 aromatic rings. The van der Waals surface area contributed by atoms with E-state index in [4.69, 9.17) is 10.3 Å². The summed E-state index contributed by atoms with van der Waals surface area (Å²) < 4.78 is 5.37. The number of likely N-dealkylation sites (tertiary alicyclic amines) is 1. The fraction of sp³-hybridized carbons (Fsp3) is 0.857. The van der Waals surface area contributed by atoms with Crippen molar-refractivity contribution in [2.24, 2.45) is 5.73 Å². The Kier molecular flexibility index (Phi) is 3.71. The maximum absolute atomic E-state index is 6.49. The number of piperidine rings is 1. The number of rotatable bonds is 2. The normalized spacial score (nSPS) is 21.0. The van der Waals surface area contributed by atoms with Crippen molar-refractivity contribution in [1.29, 1.82) is 0 Å². The monoisotopic (exact) mass is 266 g/mol. The topological polar surface area (TPSA) is 68.2 Å². The number of aromatic nitrogens is 2. The van der Waals surface area contributed by atoms with Crippen LogP contribution in [0.3, 0.4) is 0 Å². The van der Waals surface area contributed by atoms with Gasteiger partial charge in [-0.25, -0.2) is 0 Å². The fourth-order valence-electron chi connectivity index (χ4n) is 2.39. The summed E-state index contributed by atoms with van der Waals surface area (Å²) in [6, 6.07) is 0.569. The van der Waals surface area contributed by atoms with Crippen molar-refractivity contribution in [3.05, 3.63) is 11.7 Å². The Bertz CT molecular complexity index is 425. The lowest BCUT2D eigenvalue weighted by Gasteiger charge is -2.39. The van der Waals surface area contributed by atoms with Crippen molar-refractivity contribution >= 4 is 0 Å². The molecule has 1 aliphatic rings. The van der Waals surface area contributed by atoms with E-state index in [0.717, 1.165) is 25.9 Å². The molecule has 2 heterocycles. The van der Waals surface area contributed by atoms with Gasteiger partial charge < -0.3 is 15.2 Å². The van der Waals surface area contributed by atoms with Crippen LogP contribution >= 0.6 is 0 Å². The number of hydrogen-bond donors (Lipinski definition) is 1. The quantitative estimate of drug-likeness (QED) is 0.887. The summed E-state index contributed by atoms with van der Waals surface area (Å²) >= 11 is 0. The first kappa shape index (κ1) is 14.5. The highest BCUT2D eigenvalue weighted by atomic mass is 16.5. The van der Waals surface area contributed by atoms with Gasteiger partial charge in [0.2, 0.25) is 5.89 Å². The molecule has 2 rings (SSSR count). The number of nitrogens with two attached hydrogens (primary N) is 1. The second-order valence-electron chi connectivity index (χ2n) is 6.96. The van der Waals surface area contributed by atoms with E-state index in [2.05, 4.69) is 49.7 Å². The van der Waals surface area contributed by atoms with E-state index in [9.17, 15) is 0 Å². The summed E-state index contributed by atoms with van der Waals surface area (Å²) in [5.41, 5.74) is 5.93. The van der Waals surface area contributed by atoms with Crippen LogP contribution in [0.1, 0.15) is 59.2 Å². The first-order chi connectivity index (χ1) is 8.72. The Morgan fingerprint density at radius 1 is 1.26 bits per heavy atom. The lowest BCUT2D eigenvalue weighted by Crippen LogP contribution is -2.50.